The Balaban J connectivity index is 2.12. The van der Waals surface area contributed by atoms with Gasteiger partial charge in [-0.2, -0.15) is 4.31 Å². The Kier molecular flexibility index (Phi) is 7.20. The van der Waals surface area contributed by atoms with E-state index in [1.54, 1.807) is 25.1 Å². The predicted molar refractivity (Wildman–Crippen MR) is 105 cm³/mol. The molecule has 0 bridgehead atoms. The van der Waals surface area contributed by atoms with E-state index in [1.807, 2.05) is 13.8 Å². The van der Waals surface area contributed by atoms with Gasteiger partial charge in [0, 0.05) is 25.3 Å². The Hall–Kier alpha value is -1.44. The average Bonchev–Trinajstić information content (AvgIpc) is 2.57. The fourth-order valence-corrected chi connectivity index (χ4v) is 5.20. The van der Waals surface area contributed by atoms with Crippen molar-refractivity contribution in [2.24, 2.45) is 5.92 Å². The second kappa shape index (κ2) is 8.97. The molecule has 2 rings (SSSR count). The minimum absolute atomic E-state index is 0.103. The monoisotopic (exact) mass is 381 g/mol. The molecule has 1 aliphatic rings. The van der Waals surface area contributed by atoms with Gasteiger partial charge in [0.05, 0.1) is 11.4 Å². The van der Waals surface area contributed by atoms with Crippen molar-refractivity contribution in [3.8, 4) is 0 Å². The number of carbonyl (C=O) groups excluding carboxylic acids is 1. The molecule has 0 spiro atoms. The van der Waals surface area contributed by atoms with E-state index >= 15 is 0 Å². The van der Waals surface area contributed by atoms with Gasteiger partial charge in [-0.15, -0.1) is 0 Å². The topological polar surface area (TPSA) is 69.7 Å². The third-order valence-corrected chi connectivity index (χ3v) is 7.10. The van der Waals surface area contributed by atoms with Gasteiger partial charge >= 0.3 is 0 Å². The van der Waals surface area contributed by atoms with Crippen LogP contribution in [0, 0.1) is 12.8 Å². The van der Waals surface area contributed by atoms with Crippen molar-refractivity contribution in [1.82, 2.24) is 9.21 Å². The maximum absolute atomic E-state index is 12.8. The number of amides is 1. The molecule has 1 aromatic rings. The maximum atomic E-state index is 12.8. The van der Waals surface area contributed by atoms with E-state index < -0.39 is 10.0 Å². The van der Waals surface area contributed by atoms with Crippen molar-refractivity contribution in [2.75, 3.05) is 38.0 Å². The number of nitrogens with zero attached hydrogens (tertiary/aromatic N) is 2. The molecule has 1 fully saturated rings. The van der Waals surface area contributed by atoms with Crippen LogP contribution in [0.2, 0.25) is 0 Å². The highest BCUT2D eigenvalue weighted by Gasteiger charge is 2.24. The van der Waals surface area contributed by atoms with Crippen LogP contribution in [0.1, 0.15) is 39.2 Å². The van der Waals surface area contributed by atoms with Crippen LogP contribution in [-0.2, 0) is 14.8 Å². The highest BCUT2D eigenvalue weighted by Crippen LogP contribution is 2.24. The molecule has 0 aromatic heterocycles. The number of piperidine rings is 1. The van der Waals surface area contributed by atoms with Crippen LogP contribution in [0.3, 0.4) is 0 Å². The molecule has 26 heavy (non-hydrogen) atoms. The molecular formula is C19H31N3O3S. The number of sulfonamides is 1. The Morgan fingerprint density at radius 3 is 2.62 bits per heavy atom. The van der Waals surface area contributed by atoms with Crippen LogP contribution in [-0.4, -0.2) is 56.3 Å². The summed E-state index contributed by atoms with van der Waals surface area (Å²) in [5, 5.41) is 2.86. The van der Waals surface area contributed by atoms with Crippen molar-refractivity contribution < 1.29 is 13.2 Å². The normalized spacial score (nSPS) is 18.9. The number of benzene rings is 1. The third kappa shape index (κ3) is 5.05. The van der Waals surface area contributed by atoms with Crippen LogP contribution >= 0.6 is 0 Å². The first-order valence-electron chi connectivity index (χ1n) is 9.40. The molecule has 0 unspecified atom stereocenters. The van der Waals surface area contributed by atoms with Crippen molar-refractivity contribution in [3.05, 3.63) is 23.8 Å². The van der Waals surface area contributed by atoms with E-state index in [4.69, 9.17) is 0 Å². The lowest BCUT2D eigenvalue weighted by Gasteiger charge is -2.30. The Morgan fingerprint density at radius 1 is 1.31 bits per heavy atom. The summed E-state index contributed by atoms with van der Waals surface area (Å²) in [6.07, 6.45) is 2.33. The SMILES string of the molecule is CCN(CC)S(=O)(=O)c1cc(NC(=O)CN2CCC[C@H](C)C2)ccc1C. The molecule has 0 aliphatic carbocycles. The molecular weight excluding hydrogens is 350 g/mol. The summed E-state index contributed by atoms with van der Waals surface area (Å²) in [5.41, 5.74) is 1.20. The van der Waals surface area contributed by atoms with Crippen molar-refractivity contribution >= 4 is 21.6 Å². The number of nitrogens with one attached hydrogen (secondary N) is 1. The zero-order valence-corrected chi connectivity index (χ0v) is 17.1. The van der Waals surface area contributed by atoms with Crippen LogP contribution < -0.4 is 5.32 Å². The van der Waals surface area contributed by atoms with Gasteiger partial charge in [0.25, 0.3) is 0 Å². The van der Waals surface area contributed by atoms with Crippen molar-refractivity contribution in [3.63, 3.8) is 0 Å². The lowest BCUT2D eigenvalue weighted by atomic mass is 10.0. The Bertz CT molecular complexity index is 730. The van der Waals surface area contributed by atoms with Crippen LogP contribution in [0.5, 0.6) is 0 Å². The summed E-state index contributed by atoms with van der Waals surface area (Å²) < 4.78 is 27.0. The lowest BCUT2D eigenvalue weighted by molar-refractivity contribution is -0.117. The molecule has 1 heterocycles. The first-order valence-corrected chi connectivity index (χ1v) is 10.8. The molecule has 1 aliphatic heterocycles. The fourth-order valence-electron chi connectivity index (χ4n) is 3.49. The van der Waals surface area contributed by atoms with Crippen LogP contribution in [0.4, 0.5) is 5.69 Å². The van der Waals surface area contributed by atoms with E-state index in [-0.39, 0.29) is 10.8 Å². The zero-order chi connectivity index (χ0) is 19.3. The standard InChI is InChI=1S/C19H31N3O3S/c1-5-22(6-2)26(24,25)18-12-17(10-9-16(18)4)20-19(23)14-21-11-7-8-15(3)13-21/h9-10,12,15H,5-8,11,13-14H2,1-4H3,(H,20,23)/t15-/m0/s1. The number of anilines is 1. The number of rotatable bonds is 7. The molecule has 6 nitrogen and oxygen atoms in total. The van der Waals surface area contributed by atoms with Crippen LogP contribution in [0.25, 0.3) is 0 Å². The second-order valence-corrected chi connectivity index (χ2v) is 9.01. The van der Waals surface area contributed by atoms with Gasteiger partial charge in [0.15, 0.2) is 0 Å². The number of carbonyl (C=O) groups is 1. The summed E-state index contributed by atoms with van der Waals surface area (Å²) in [6.45, 7) is 10.7. The largest absolute Gasteiger partial charge is 0.325 e. The molecule has 1 amide bonds. The van der Waals surface area contributed by atoms with Gasteiger partial charge in [-0.05, 0) is 49.9 Å². The average molecular weight is 382 g/mol. The molecule has 7 heteroatoms. The second-order valence-electron chi connectivity index (χ2n) is 7.10. The molecule has 1 aromatic carbocycles. The molecule has 0 radical (unpaired) electrons. The molecule has 1 atom stereocenters. The Labute approximate surface area is 157 Å². The smallest absolute Gasteiger partial charge is 0.243 e. The number of likely N-dealkylation sites (tertiary alicyclic amines) is 1. The van der Waals surface area contributed by atoms with Gasteiger partial charge in [-0.3, -0.25) is 9.69 Å². The first kappa shape index (κ1) is 20.9. The molecule has 146 valence electrons. The van der Waals surface area contributed by atoms with Crippen molar-refractivity contribution in [1.29, 1.82) is 0 Å². The van der Waals surface area contributed by atoms with E-state index in [0.717, 1.165) is 19.5 Å². The summed E-state index contributed by atoms with van der Waals surface area (Å²) in [4.78, 5) is 14.8. The van der Waals surface area contributed by atoms with Crippen LogP contribution in [0.15, 0.2) is 23.1 Å². The van der Waals surface area contributed by atoms with E-state index in [1.165, 1.54) is 10.7 Å². The molecule has 1 saturated heterocycles. The van der Waals surface area contributed by atoms with Gasteiger partial charge in [-0.1, -0.05) is 26.8 Å². The minimum Gasteiger partial charge on any atom is -0.325 e. The molecule has 1 N–H and O–H groups in total. The summed E-state index contributed by atoms with van der Waals surface area (Å²) in [6, 6.07) is 5.07. The van der Waals surface area contributed by atoms with E-state index in [2.05, 4.69) is 17.1 Å². The number of hydrogen-bond acceptors (Lipinski definition) is 4. The fraction of sp³-hybridized carbons (Fsp3) is 0.632. The summed E-state index contributed by atoms with van der Waals surface area (Å²) in [7, 11) is -3.55. The molecule has 0 saturated carbocycles. The number of hydrogen-bond donors (Lipinski definition) is 1. The van der Waals surface area contributed by atoms with Gasteiger partial charge in [0.2, 0.25) is 15.9 Å². The van der Waals surface area contributed by atoms with Gasteiger partial charge < -0.3 is 5.32 Å². The summed E-state index contributed by atoms with van der Waals surface area (Å²) in [5.74, 6) is 0.510. The number of aryl methyl sites for hydroxylation is 1. The minimum atomic E-state index is -3.55. The Morgan fingerprint density at radius 2 is 2.00 bits per heavy atom. The zero-order valence-electron chi connectivity index (χ0n) is 16.3. The van der Waals surface area contributed by atoms with Crippen molar-refractivity contribution in [2.45, 2.75) is 45.4 Å². The van der Waals surface area contributed by atoms with E-state index in [9.17, 15) is 13.2 Å². The predicted octanol–water partition coefficient (Wildman–Crippen LogP) is 2.70. The highest BCUT2D eigenvalue weighted by molar-refractivity contribution is 7.89. The quantitative estimate of drug-likeness (QED) is 0.788. The van der Waals surface area contributed by atoms with E-state index in [0.29, 0.717) is 36.8 Å². The van der Waals surface area contributed by atoms with Gasteiger partial charge in [0.1, 0.15) is 0 Å². The first-order chi connectivity index (χ1) is 12.3. The lowest BCUT2D eigenvalue weighted by Crippen LogP contribution is -2.39. The maximum Gasteiger partial charge on any atom is 0.243 e. The highest BCUT2D eigenvalue weighted by atomic mass is 32.2. The summed E-state index contributed by atoms with van der Waals surface area (Å²) >= 11 is 0. The van der Waals surface area contributed by atoms with Gasteiger partial charge in [-0.25, -0.2) is 8.42 Å². The third-order valence-electron chi connectivity index (χ3n) is 4.90.